The van der Waals surface area contributed by atoms with Gasteiger partial charge in [0.2, 0.25) is 0 Å². The Kier molecular flexibility index (Phi) is 4.91. The van der Waals surface area contributed by atoms with Crippen molar-refractivity contribution in [1.29, 1.82) is 0 Å². The summed E-state index contributed by atoms with van der Waals surface area (Å²) in [5, 5.41) is 13.0. The number of nitrogens with one attached hydrogen (secondary N) is 1. The third-order valence-corrected chi connectivity index (χ3v) is 4.13. The summed E-state index contributed by atoms with van der Waals surface area (Å²) in [6.45, 7) is 7.34. The Morgan fingerprint density at radius 3 is 2.55 bits per heavy atom. The van der Waals surface area contributed by atoms with Crippen LogP contribution in [0, 0.1) is 5.92 Å². The first-order chi connectivity index (χ1) is 9.39. The molecule has 5 heteroatoms. The van der Waals surface area contributed by atoms with E-state index in [4.69, 9.17) is 4.74 Å². The van der Waals surface area contributed by atoms with Crippen molar-refractivity contribution in [2.75, 3.05) is 19.7 Å². The fourth-order valence-electron chi connectivity index (χ4n) is 3.01. The smallest absolute Gasteiger partial charge is 0.410 e. The van der Waals surface area contributed by atoms with Gasteiger partial charge in [0.05, 0.1) is 0 Å². The molecular weight excluding hydrogens is 256 g/mol. The minimum absolute atomic E-state index is 0.224. The molecule has 0 bridgehead atoms. The first-order valence-electron chi connectivity index (χ1n) is 7.74. The van der Waals surface area contributed by atoms with Crippen molar-refractivity contribution in [2.24, 2.45) is 5.92 Å². The summed E-state index contributed by atoms with van der Waals surface area (Å²) in [4.78, 5) is 13.6. The normalized spacial score (nSPS) is 28.1. The predicted octanol–water partition coefficient (Wildman–Crippen LogP) is 1.75. The lowest BCUT2D eigenvalue weighted by molar-refractivity contribution is 0.00170. The van der Waals surface area contributed by atoms with Crippen molar-refractivity contribution in [3.8, 4) is 0 Å². The summed E-state index contributed by atoms with van der Waals surface area (Å²) in [6, 6.07) is 0.749. The molecule has 5 nitrogen and oxygen atoms in total. The Balaban J connectivity index is 1.72. The molecule has 0 spiro atoms. The van der Waals surface area contributed by atoms with E-state index in [1.54, 1.807) is 4.90 Å². The maximum absolute atomic E-state index is 11.8. The molecule has 1 heterocycles. The highest BCUT2D eigenvalue weighted by Crippen LogP contribution is 2.25. The highest BCUT2D eigenvalue weighted by Gasteiger charge is 2.36. The van der Waals surface area contributed by atoms with Crippen molar-refractivity contribution >= 4 is 6.09 Å². The lowest BCUT2D eigenvalue weighted by Gasteiger charge is -2.43. The summed E-state index contributed by atoms with van der Waals surface area (Å²) in [6.07, 6.45) is 4.47. The van der Waals surface area contributed by atoms with Crippen LogP contribution in [0.3, 0.4) is 0 Å². The van der Waals surface area contributed by atoms with Crippen LogP contribution in [0.15, 0.2) is 0 Å². The van der Waals surface area contributed by atoms with Crippen LogP contribution in [-0.2, 0) is 4.74 Å². The first-order valence-corrected chi connectivity index (χ1v) is 7.74. The SMILES string of the molecule is CC(C)(C)OC(=O)N1CC(NC2CCCCC2CO)C1. The summed E-state index contributed by atoms with van der Waals surface area (Å²) < 4.78 is 5.34. The van der Waals surface area contributed by atoms with Gasteiger partial charge in [-0.05, 0) is 39.5 Å². The number of nitrogens with zero attached hydrogens (tertiary/aromatic N) is 1. The van der Waals surface area contributed by atoms with E-state index in [2.05, 4.69) is 5.32 Å². The van der Waals surface area contributed by atoms with Crippen molar-refractivity contribution in [3.05, 3.63) is 0 Å². The van der Waals surface area contributed by atoms with Crippen LogP contribution in [0.4, 0.5) is 4.79 Å². The van der Waals surface area contributed by atoms with Crippen molar-refractivity contribution in [2.45, 2.75) is 64.1 Å². The largest absolute Gasteiger partial charge is 0.444 e. The van der Waals surface area contributed by atoms with E-state index in [1.807, 2.05) is 20.8 Å². The molecule has 0 aromatic rings. The molecule has 0 aromatic heterocycles. The van der Waals surface area contributed by atoms with Gasteiger partial charge in [0.25, 0.3) is 0 Å². The topological polar surface area (TPSA) is 61.8 Å². The van der Waals surface area contributed by atoms with E-state index in [0.717, 1.165) is 12.8 Å². The standard InChI is InChI=1S/C15H28N2O3/c1-15(2,3)20-14(19)17-8-12(9-17)16-13-7-5-4-6-11(13)10-18/h11-13,16,18H,4-10H2,1-3H3. The molecule has 20 heavy (non-hydrogen) atoms. The van der Waals surface area contributed by atoms with Crippen molar-refractivity contribution in [1.82, 2.24) is 10.2 Å². The zero-order chi connectivity index (χ0) is 14.8. The number of aliphatic hydroxyl groups is 1. The van der Waals surface area contributed by atoms with Crippen LogP contribution in [-0.4, -0.2) is 53.5 Å². The van der Waals surface area contributed by atoms with Gasteiger partial charge in [-0.25, -0.2) is 4.79 Å². The minimum atomic E-state index is -0.430. The second-order valence-electron chi connectivity index (χ2n) is 7.08. The van der Waals surface area contributed by atoms with Crippen LogP contribution >= 0.6 is 0 Å². The molecule has 1 saturated heterocycles. The van der Waals surface area contributed by atoms with Gasteiger partial charge in [-0.1, -0.05) is 12.8 Å². The Hall–Kier alpha value is -0.810. The van der Waals surface area contributed by atoms with Crippen LogP contribution in [0.5, 0.6) is 0 Å². The van der Waals surface area contributed by atoms with Crippen LogP contribution in [0.1, 0.15) is 46.5 Å². The van der Waals surface area contributed by atoms with Crippen LogP contribution < -0.4 is 5.32 Å². The van der Waals surface area contributed by atoms with E-state index in [9.17, 15) is 9.90 Å². The molecule has 1 saturated carbocycles. The number of hydrogen-bond donors (Lipinski definition) is 2. The zero-order valence-corrected chi connectivity index (χ0v) is 12.9. The Morgan fingerprint density at radius 2 is 1.95 bits per heavy atom. The first kappa shape index (κ1) is 15.6. The lowest BCUT2D eigenvalue weighted by Crippen LogP contribution is -2.63. The van der Waals surface area contributed by atoms with E-state index in [0.29, 0.717) is 31.1 Å². The minimum Gasteiger partial charge on any atom is -0.444 e. The van der Waals surface area contributed by atoms with Gasteiger partial charge in [-0.2, -0.15) is 0 Å². The molecule has 2 unspecified atom stereocenters. The van der Waals surface area contributed by atoms with Gasteiger partial charge in [0.1, 0.15) is 5.60 Å². The van der Waals surface area contributed by atoms with Gasteiger partial charge in [0, 0.05) is 31.8 Å². The Labute approximate surface area is 121 Å². The summed E-state index contributed by atoms with van der Waals surface area (Å²) in [7, 11) is 0. The number of carbonyl (C=O) groups is 1. The van der Waals surface area contributed by atoms with E-state index in [1.165, 1.54) is 12.8 Å². The van der Waals surface area contributed by atoms with E-state index >= 15 is 0 Å². The molecule has 2 aliphatic rings. The molecule has 2 fully saturated rings. The molecule has 1 aliphatic heterocycles. The fourth-order valence-corrected chi connectivity index (χ4v) is 3.01. The van der Waals surface area contributed by atoms with Gasteiger partial charge in [-0.3, -0.25) is 0 Å². The molecule has 2 rings (SSSR count). The monoisotopic (exact) mass is 284 g/mol. The number of carbonyl (C=O) groups excluding carboxylic acids is 1. The Morgan fingerprint density at radius 1 is 1.30 bits per heavy atom. The zero-order valence-electron chi connectivity index (χ0n) is 12.9. The van der Waals surface area contributed by atoms with Crippen LogP contribution in [0.25, 0.3) is 0 Å². The highest BCUT2D eigenvalue weighted by molar-refractivity contribution is 5.69. The predicted molar refractivity (Wildman–Crippen MR) is 77.6 cm³/mol. The maximum atomic E-state index is 11.8. The second kappa shape index (κ2) is 6.31. The lowest BCUT2D eigenvalue weighted by atomic mass is 9.84. The number of aliphatic hydroxyl groups excluding tert-OH is 1. The van der Waals surface area contributed by atoms with E-state index in [-0.39, 0.29) is 12.7 Å². The molecule has 2 N–H and O–H groups in total. The molecule has 116 valence electrons. The fraction of sp³-hybridized carbons (Fsp3) is 0.933. The average molecular weight is 284 g/mol. The van der Waals surface area contributed by atoms with Gasteiger partial charge < -0.3 is 20.1 Å². The molecule has 0 radical (unpaired) electrons. The van der Waals surface area contributed by atoms with E-state index < -0.39 is 5.60 Å². The second-order valence-corrected chi connectivity index (χ2v) is 7.08. The van der Waals surface area contributed by atoms with Crippen molar-refractivity contribution in [3.63, 3.8) is 0 Å². The third kappa shape index (κ3) is 4.09. The Bertz CT molecular complexity index is 335. The summed E-state index contributed by atoms with van der Waals surface area (Å²) in [5.74, 6) is 0.374. The number of amides is 1. The third-order valence-electron chi connectivity index (χ3n) is 4.13. The number of rotatable bonds is 3. The summed E-state index contributed by atoms with van der Waals surface area (Å²) >= 11 is 0. The van der Waals surface area contributed by atoms with Gasteiger partial charge >= 0.3 is 6.09 Å². The van der Waals surface area contributed by atoms with Crippen molar-refractivity contribution < 1.29 is 14.6 Å². The van der Waals surface area contributed by atoms with Gasteiger partial charge in [0.15, 0.2) is 0 Å². The average Bonchev–Trinajstić information content (AvgIpc) is 2.31. The molecule has 1 aliphatic carbocycles. The molecule has 1 amide bonds. The maximum Gasteiger partial charge on any atom is 0.410 e. The molecule has 0 aromatic carbocycles. The number of ether oxygens (including phenoxy) is 1. The number of hydrogen-bond acceptors (Lipinski definition) is 4. The number of likely N-dealkylation sites (tertiary alicyclic amines) is 1. The molecule has 2 atom stereocenters. The highest BCUT2D eigenvalue weighted by atomic mass is 16.6. The summed E-state index contributed by atoms with van der Waals surface area (Å²) in [5.41, 5.74) is -0.430. The quantitative estimate of drug-likeness (QED) is 0.829. The van der Waals surface area contributed by atoms with Gasteiger partial charge in [-0.15, -0.1) is 0 Å². The van der Waals surface area contributed by atoms with Crippen LogP contribution in [0.2, 0.25) is 0 Å². The molecular formula is C15H28N2O3.